The monoisotopic (exact) mass is 414 g/mol. The fourth-order valence-electron chi connectivity index (χ4n) is 3.09. The van der Waals surface area contributed by atoms with E-state index in [0.29, 0.717) is 12.2 Å². The molecule has 0 bridgehead atoms. The van der Waals surface area contributed by atoms with Crippen LogP contribution >= 0.6 is 11.8 Å². The maximum Gasteiger partial charge on any atom is 0.235 e. The van der Waals surface area contributed by atoms with Crippen molar-refractivity contribution in [2.24, 2.45) is 5.73 Å². The average Bonchev–Trinajstić information content (AvgIpc) is 2.63. The van der Waals surface area contributed by atoms with E-state index < -0.39 is 18.2 Å². The molecule has 5 nitrogen and oxygen atoms in total. The van der Waals surface area contributed by atoms with Crippen molar-refractivity contribution in [3.63, 3.8) is 0 Å². The Morgan fingerprint density at radius 1 is 0.679 bits per heavy atom. The third-order valence-electron chi connectivity index (χ3n) is 4.73. The second-order valence-corrected chi connectivity index (χ2v) is 8.80. The summed E-state index contributed by atoms with van der Waals surface area (Å²) in [6.07, 6.45) is 18.9. The predicted molar refractivity (Wildman–Crippen MR) is 119 cm³/mol. The van der Waals surface area contributed by atoms with E-state index in [9.17, 15) is 14.4 Å². The highest BCUT2D eigenvalue weighted by molar-refractivity contribution is 7.99. The van der Waals surface area contributed by atoms with Crippen LogP contribution in [0.2, 0.25) is 0 Å². The number of hydrogen-bond donors (Lipinski definition) is 2. The molecule has 0 aliphatic heterocycles. The van der Waals surface area contributed by atoms with Gasteiger partial charge in [0.05, 0.1) is 0 Å². The van der Waals surface area contributed by atoms with Crippen molar-refractivity contribution < 1.29 is 14.4 Å². The first-order valence-corrected chi connectivity index (χ1v) is 12.4. The summed E-state index contributed by atoms with van der Waals surface area (Å²) in [7, 11) is 0. The second kappa shape index (κ2) is 20.7. The lowest BCUT2D eigenvalue weighted by molar-refractivity contribution is -0.132. The fraction of sp³-hybridized carbons (Fsp3) is 0.864. The van der Waals surface area contributed by atoms with E-state index in [0.717, 1.165) is 5.75 Å². The Morgan fingerprint density at radius 3 is 1.61 bits per heavy atom. The number of amides is 3. The molecular formula is C22H42N2O3S. The Balaban J connectivity index is 3.20. The molecule has 3 amide bonds. The van der Waals surface area contributed by atoms with Crippen molar-refractivity contribution in [1.82, 2.24) is 5.32 Å². The number of imide groups is 1. The molecular weight excluding hydrogens is 372 g/mol. The number of nitrogens with one attached hydrogen (secondary N) is 1. The molecule has 0 spiro atoms. The van der Waals surface area contributed by atoms with E-state index in [1.54, 1.807) is 11.8 Å². The molecule has 0 aromatic rings. The first-order valence-electron chi connectivity index (χ1n) is 11.2. The Hall–Kier alpha value is -1.04. The minimum atomic E-state index is -0.725. The molecule has 0 radical (unpaired) electrons. The van der Waals surface area contributed by atoms with Gasteiger partial charge >= 0.3 is 0 Å². The number of thioether (sulfide) groups is 1. The van der Waals surface area contributed by atoms with Crippen molar-refractivity contribution in [1.29, 1.82) is 0 Å². The van der Waals surface area contributed by atoms with Crippen molar-refractivity contribution in [2.75, 3.05) is 11.5 Å². The van der Waals surface area contributed by atoms with Crippen LogP contribution in [0.15, 0.2) is 0 Å². The lowest BCUT2D eigenvalue weighted by atomic mass is 10.0. The van der Waals surface area contributed by atoms with E-state index in [1.165, 1.54) is 89.9 Å². The van der Waals surface area contributed by atoms with Gasteiger partial charge in [-0.3, -0.25) is 19.7 Å². The molecule has 0 saturated carbocycles. The summed E-state index contributed by atoms with van der Waals surface area (Å²) in [5.41, 5.74) is 4.90. The highest BCUT2D eigenvalue weighted by Gasteiger charge is 2.09. The standard InChI is InChI=1S/C22H42N2O3S/c1-2-3-4-5-6-7-8-9-10-11-12-13-14-15-17-28-18-16-21(26)24-22(27)19-20(23)25/h2-19H2,1H3,(H2,23,25)(H,24,26,27). The average molecular weight is 415 g/mol. The SMILES string of the molecule is CCCCCCCCCCCCCCCCSCCC(=O)NC(=O)CC(N)=O. The lowest BCUT2D eigenvalue weighted by Crippen LogP contribution is -2.33. The molecule has 0 saturated heterocycles. The smallest absolute Gasteiger partial charge is 0.235 e. The summed E-state index contributed by atoms with van der Waals surface area (Å²) in [6, 6.07) is 0. The molecule has 164 valence electrons. The van der Waals surface area contributed by atoms with Gasteiger partial charge < -0.3 is 5.73 Å². The quantitative estimate of drug-likeness (QED) is 0.214. The maximum absolute atomic E-state index is 11.5. The number of hydrogen-bond acceptors (Lipinski definition) is 4. The van der Waals surface area contributed by atoms with E-state index in [4.69, 9.17) is 5.73 Å². The van der Waals surface area contributed by atoms with Crippen LogP contribution in [0.3, 0.4) is 0 Å². The molecule has 0 aromatic carbocycles. The zero-order valence-corrected chi connectivity index (χ0v) is 18.8. The van der Waals surface area contributed by atoms with Crippen molar-refractivity contribution in [2.45, 2.75) is 110 Å². The molecule has 0 atom stereocenters. The third-order valence-corrected chi connectivity index (χ3v) is 5.80. The minimum Gasteiger partial charge on any atom is -0.369 e. The molecule has 0 aliphatic carbocycles. The van der Waals surface area contributed by atoms with E-state index in [1.807, 2.05) is 0 Å². The number of carbonyl (C=O) groups excluding carboxylic acids is 3. The van der Waals surface area contributed by atoms with Crippen LogP contribution in [0.25, 0.3) is 0 Å². The first kappa shape index (κ1) is 27.0. The van der Waals surface area contributed by atoms with E-state index in [-0.39, 0.29) is 5.91 Å². The van der Waals surface area contributed by atoms with Crippen LogP contribution < -0.4 is 11.1 Å². The van der Waals surface area contributed by atoms with Crippen LogP contribution in [0.5, 0.6) is 0 Å². The maximum atomic E-state index is 11.5. The van der Waals surface area contributed by atoms with Gasteiger partial charge in [-0.15, -0.1) is 0 Å². The van der Waals surface area contributed by atoms with Crippen LogP contribution in [-0.2, 0) is 14.4 Å². The summed E-state index contributed by atoms with van der Waals surface area (Å²) < 4.78 is 0. The van der Waals surface area contributed by atoms with Gasteiger partial charge in [-0.25, -0.2) is 0 Å². The number of unbranched alkanes of at least 4 members (excludes halogenated alkanes) is 13. The summed E-state index contributed by atoms with van der Waals surface area (Å²) in [5.74, 6) is 0.0842. The highest BCUT2D eigenvalue weighted by atomic mass is 32.2. The second-order valence-electron chi connectivity index (χ2n) is 7.57. The zero-order valence-electron chi connectivity index (χ0n) is 17.9. The Bertz CT molecular complexity index is 417. The number of nitrogens with two attached hydrogens (primary N) is 1. The first-order chi connectivity index (χ1) is 13.6. The molecule has 6 heteroatoms. The van der Waals surface area contributed by atoms with Crippen LogP contribution in [0, 0.1) is 0 Å². The van der Waals surface area contributed by atoms with Gasteiger partial charge in [0.25, 0.3) is 0 Å². The Morgan fingerprint density at radius 2 is 1.14 bits per heavy atom. The molecule has 0 unspecified atom stereocenters. The van der Waals surface area contributed by atoms with Crippen molar-refractivity contribution in [3.8, 4) is 0 Å². The zero-order chi connectivity index (χ0) is 20.9. The molecule has 0 aliphatic rings. The fourth-order valence-corrected chi connectivity index (χ4v) is 4.03. The molecule has 0 fully saturated rings. The predicted octanol–water partition coefficient (Wildman–Crippen LogP) is 5.11. The molecule has 3 N–H and O–H groups in total. The summed E-state index contributed by atoms with van der Waals surface area (Å²) in [4.78, 5) is 33.3. The summed E-state index contributed by atoms with van der Waals surface area (Å²) >= 11 is 1.74. The summed E-state index contributed by atoms with van der Waals surface area (Å²) in [6.45, 7) is 2.27. The number of rotatable bonds is 20. The molecule has 0 aromatic heterocycles. The van der Waals surface area contributed by atoms with Gasteiger partial charge in [-0.05, 0) is 12.2 Å². The van der Waals surface area contributed by atoms with Gasteiger partial charge in [0.2, 0.25) is 17.7 Å². The Kier molecular flexibility index (Phi) is 19.9. The number of carbonyl (C=O) groups is 3. The van der Waals surface area contributed by atoms with E-state index >= 15 is 0 Å². The van der Waals surface area contributed by atoms with Gasteiger partial charge in [0, 0.05) is 12.2 Å². The molecule has 28 heavy (non-hydrogen) atoms. The number of primary amides is 1. The Labute approximate surface area is 176 Å². The molecule has 0 heterocycles. The topological polar surface area (TPSA) is 89.3 Å². The van der Waals surface area contributed by atoms with Crippen molar-refractivity contribution in [3.05, 3.63) is 0 Å². The van der Waals surface area contributed by atoms with Gasteiger partial charge in [-0.1, -0.05) is 90.4 Å². The normalized spacial score (nSPS) is 10.8. The van der Waals surface area contributed by atoms with Crippen LogP contribution in [0.4, 0.5) is 0 Å². The van der Waals surface area contributed by atoms with Gasteiger partial charge in [0.1, 0.15) is 6.42 Å². The van der Waals surface area contributed by atoms with Gasteiger partial charge in [0.15, 0.2) is 0 Å². The van der Waals surface area contributed by atoms with Crippen LogP contribution in [-0.4, -0.2) is 29.2 Å². The molecule has 0 rings (SSSR count). The van der Waals surface area contributed by atoms with Crippen molar-refractivity contribution >= 4 is 29.5 Å². The largest absolute Gasteiger partial charge is 0.369 e. The third kappa shape index (κ3) is 21.3. The van der Waals surface area contributed by atoms with Gasteiger partial charge in [-0.2, -0.15) is 11.8 Å². The lowest BCUT2D eigenvalue weighted by Gasteiger charge is -2.04. The minimum absolute atomic E-state index is 0.299. The van der Waals surface area contributed by atoms with Crippen LogP contribution in [0.1, 0.15) is 110 Å². The summed E-state index contributed by atoms with van der Waals surface area (Å²) in [5, 5.41) is 2.17. The highest BCUT2D eigenvalue weighted by Crippen LogP contribution is 2.14. The van der Waals surface area contributed by atoms with E-state index in [2.05, 4.69) is 12.2 Å².